The fourth-order valence-corrected chi connectivity index (χ4v) is 1.79. The summed E-state index contributed by atoms with van der Waals surface area (Å²) < 4.78 is 1.25. The van der Waals surface area contributed by atoms with E-state index in [9.17, 15) is 4.79 Å². The first-order valence-corrected chi connectivity index (χ1v) is 4.22. The van der Waals surface area contributed by atoms with Gasteiger partial charge in [-0.3, -0.25) is 0 Å². The minimum atomic E-state index is -0.305. The van der Waals surface area contributed by atoms with Crippen molar-refractivity contribution in [2.45, 2.75) is 6.92 Å². The van der Waals surface area contributed by atoms with Crippen LogP contribution >= 0.6 is 11.3 Å². The molecule has 0 aromatic carbocycles. The van der Waals surface area contributed by atoms with Crippen molar-refractivity contribution in [1.82, 2.24) is 20.2 Å². The largest absolute Gasteiger partial charge is 0.366 e. The van der Waals surface area contributed by atoms with Crippen LogP contribution < -0.4 is 5.69 Å². The summed E-state index contributed by atoms with van der Waals surface area (Å²) in [6.07, 6.45) is 0. The fourth-order valence-electron chi connectivity index (χ4n) is 0.912. The Labute approximate surface area is 71.6 Å². The van der Waals surface area contributed by atoms with E-state index in [4.69, 9.17) is 0 Å². The molecule has 0 unspecified atom stereocenters. The normalized spacial score (nSPS) is 10.4. The predicted molar refractivity (Wildman–Crippen MR) is 44.6 cm³/mol. The van der Waals surface area contributed by atoms with E-state index in [1.165, 1.54) is 16.0 Å². The molecule has 0 saturated heterocycles. The van der Waals surface area contributed by atoms with Crippen LogP contribution in [0.15, 0.2) is 16.2 Å². The maximum Gasteiger partial charge on any atom is 0.366 e. The summed E-state index contributed by atoms with van der Waals surface area (Å²) in [5.74, 6) is 0. The molecule has 5 nitrogen and oxygen atoms in total. The number of aryl methyl sites for hydroxylation is 1. The van der Waals surface area contributed by atoms with Crippen LogP contribution in [-0.2, 0) is 0 Å². The summed E-state index contributed by atoms with van der Waals surface area (Å²) in [6, 6.07) is 1.93. The number of rotatable bonds is 1. The van der Waals surface area contributed by atoms with Crippen molar-refractivity contribution in [3.63, 3.8) is 0 Å². The topological polar surface area (TPSA) is 63.6 Å². The first-order valence-electron chi connectivity index (χ1n) is 3.34. The second kappa shape index (κ2) is 2.56. The van der Waals surface area contributed by atoms with Gasteiger partial charge in [0.2, 0.25) is 0 Å². The number of aromatic nitrogens is 4. The smallest absolute Gasteiger partial charge is 0.244 e. The van der Waals surface area contributed by atoms with Crippen molar-refractivity contribution in [1.29, 1.82) is 0 Å². The second-order valence-corrected chi connectivity index (χ2v) is 3.22. The summed E-state index contributed by atoms with van der Waals surface area (Å²) in [4.78, 5) is 11.1. The van der Waals surface area contributed by atoms with E-state index >= 15 is 0 Å². The zero-order valence-electron chi connectivity index (χ0n) is 6.31. The SMILES string of the molecule is Cc1ccsc1-n1nn[nH]c1=O. The van der Waals surface area contributed by atoms with Crippen LogP contribution in [0.2, 0.25) is 0 Å². The van der Waals surface area contributed by atoms with Crippen molar-refractivity contribution in [2.24, 2.45) is 0 Å². The maximum atomic E-state index is 11.1. The summed E-state index contributed by atoms with van der Waals surface area (Å²) in [5.41, 5.74) is 0.719. The molecule has 0 spiro atoms. The molecule has 2 aromatic heterocycles. The number of hydrogen-bond donors (Lipinski definition) is 1. The van der Waals surface area contributed by atoms with Gasteiger partial charge in [-0.25, -0.2) is 9.89 Å². The van der Waals surface area contributed by atoms with E-state index in [1.807, 2.05) is 18.4 Å². The molecule has 62 valence electrons. The molecule has 6 heteroatoms. The van der Waals surface area contributed by atoms with E-state index in [2.05, 4.69) is 15.5 Å². The van der Waals surface area contributed by atoms with Crippen LogP contribution in [0.1, 0.15) is 5.56 Å². The molecular weight excluding hydrogens is 176 g/mol. The molecule has 0 atom stereocenters. The lowest BCUT2D eigenvalue weighted by molar-refractivity contribution is 0.786. The van der Waals surface area contributed by atoms with Crippen molar-refractivity contribution in [3.8, 4) is 5.00 Å². The highest BCUT2D eigenvalue weighted by molar-refractivity contribution is 7.12. The van der Waals surface area contributed by atoms with Gasteiger partial charge in [-0.1, -0.05) is 0 Å². The average Bonchev–Trinajstić information content (AvgIpc) is 2.59. The number of thiophene rings is 1. The lowest BCUT2D eigenvalue weighted by atomic mass is 10.4. The standard InChI is InChI=1S/C6H6N4OS/c1-4-2-3-12-5(4)10-6(11)7-8-9-10/h2-3H,1H3,(H,7,9,11). The molecule has 0 fully saturated rings. The third-order valence-electron chi connectivity index (χ3n) is 1.50. The minimum absolute atomic E-state index is 0.305. The average molecular weight is 182 g/mol. The monoisotopic (exact) mass is 182 g/mol. The molecule has 2 aromatic rings. The maximum absolute atomic E-state index is 11.1. The second-order valence-electron chi connectivity index (χ2n) is 2.33. The van der Waals surface area contributed by atoms with Gasteiger partial charge >= 0.3 is 5.69 Å². The molecule has 0 aliphatic carbocycles. The van der Waals surface area contributed by atoms with Crippen LogP contribution in [0.5, 0.6) is 0 Å². The molecule has 0 aliphatic heterocycles. The van der Waals surface area contributed by atoms with Gasteiger partial charge < -0.3 is 0 Å². The third kappa shape index (κ3) is 0.964. The van der Waals surface area contributed by atoms with E-state index in [1.54, 1.807) is 0 Å². The van der Waals surface area contributed by atoms with Crippen molar-refractivity contribution in [2.75, 3.05) is 0 Å². The van der Waals surface area contributed by atoms with Gasteiger partial charge in [0.05, 0.1) is 0 Å². The van der Waals surface area contributed by atoms with E-state index in [0.29, 0.717) is 0 Å². The molecule has 2 rings (SSSR count). The Balaban J connectivity index is 2.65. The first-order chi connectivity index (χ1) is 5.79. The Kier molecular flexibility index (Phi) is 1.54. The minimum Gasteiger partial charge on any atom is -0.244 e. The van der Waals surface area contributed by atoms with Crippen LogP contribution in [0.3, 0.4) is 0 Å². The summed E-state index contributed by atoms with van der Waals surface area (Å²) >= 11 is 1.46. The Morgan fingerprint density at radius 3 is 3.00 bits per heavy atom. The number of hydrogen-bond acceptors (Lipinski definition) is 4. The van der Waals surface area contributed by atoms with E-state index < -0.39 is 0 Å². The van der Waals surface area contributed by atoms with Crippen LogP contribution in [0, 0.1) is 6.92 Å². The van der Waals surface area contributed by atoms with Gasteiger partial charge in [0, 0.05) is 0 Å². The first kappa shape index (κ1) is 7.23. The lowest BCUT2D eigenvalue weighted by Crippen LogP contribution is -2.15. The quantitative estimate of drug-likeness (QED) is 0.691. The van der Waals surface area contributed by atoms with Gasteiger partial charge in [-0.15, -0.1) is 16.0 Å². The van der Waals surface area contributed by atoms with Gasteiger partial charge in [0.15, 0.2) is 0 Å². The Bertz CT molecular complexity index is 440. The molecule has 1 N–H and O–H groups in total. The van der Waals surface area contributed by atoms with Crippen LogP contribution in [0.4, 0.5) is 0 Å². The van der Waals surface area contributed by atoms with Crippen LogP contribution in [0.25, 0.3) is 5.00 Å². The van der Waals surface area contributed by atoms with Gasteiger partial charge in [0.1, 0.15) is 5.00 Å². The molecule has 0 saturated carbocycles. The van der Waals surface area contributed by atoms with Gasteiger partial charge in [0.25, 0.3) is 0 Å². The molecule has 0 radical (unpaired) electrons. The van der Waals surface area contributed by atoms with Gasteiger partial charge in [-0.2, -0.15) is 0 Å². The van der Waals surface area contributed by atoms with Crippen molar-refractivity contribution in [3.05, 3.63) is 27.5 Å². The number of nitrogens with one attached hydrogen (secondary N) is 1. The summed E-state index contributed by atoms with van der Waals surface area (Å²) in [6.45, 7) is 1.92. The number of aromatic amines is 1. The number of H-pyrrole nitrogens is 1. The molecule has 2 heterocycles. The Morgan fingerprint density at radius 1 is 1.67 bits per heavy atom. The lowest BCUT2D eigenvalue weighted by Gasteiger charge is -1.92. The van der Waals surface area contributed by atoms with Crippen LogP contribution in [-0.4, -0.2) is 20.2 Å². The Hall–Kier alpha value is -1.43. The summed E-state index contributed by atoms with van der Waals surface area (Å²) in [5, 5.41) is 12.0. The fraction of sp³-hybridized carbons (Fsp3) is 0.167. The zero-order valence-corrected chi connectivity index (χ0v) is 7.13. The predicted octanol–water partition coefficient (Wildman–Crippen LogP) is 0.326. The molecule has 0 aliphatic rings. The third-order valence-corrected chi connectivity index (χ3v) is 2.49. The van der Waals surface area contributed by atoms with Crippen molar-refractivity contribution < 1.29 is 0 Å². The highest BCUT2D eigenvalue weighted by Gasteiger charge is 2.06. The zero-order chi connectivity index (χ0) is 8.55. The molecule has 12 heavy (non-hydrogen) atoms. The highest BCUT2D eigenvalue weighted by atomic mass is 32.1. The van der Waals surface area contributed by atoms with E-state index in [0.717, 1.165) is 10.6 Å². The molecule has 0 amide bonds. The summed E-state index contributed by atoms with van der Waals surface area (Å²) in [7, 11) is 0. The number of nitrogens with zero attached hydrogens (tertiary/aromatic N) is 3. The van der Waals surface area contributed by atoms with Gasteiger partial charge in [-0.05, 0) is 34.4 Å². The highest BCUT2D eigenvalue weighted by Crippen LogP contribution is 2.17. The molecule has 0 bridgehead atoms. The van der Waals surface area contributed by atoms with E-state index in [-0.39, 0.29) is 5.69 Å². The number of tetrazole rings is 1. The Morgan fingerprint density at radius 2 is 2.50 bits per heavy atom. The molecular formula is C6H6N4OS. The van der Waals surface area contributed by atoms with Crippen molar-refractivity contribution >= 4 is 11.3 Å².